The van der Waals surface area contributed by atoms with Crippen molar-refractivity contribution in [3.05, 3.63) is 22.4 Å². The van der Waals surface area contributed by atoms with E-state index in [1.807, 2.05) is 22.4 Å². The molecule has 2 fully saturated rings. The molecule has 0 aromatic carbocycles. The zero-order chi connectivity index (χ0) is 14.2. The highest BCUT2D eigenvalue weighted by Crippen LogP contribution is 2.54. The summed E-state index contributed by atoms with van der Waals surface area (Å²) in [6, 6.07) is 4.04. The molecule has 3 rings (SSSR count). The molecular weight excluding hydrogens is 317 g/mol. The first-order valence-corrected chi connectivity index (χ1v) is 8.50. The maximum absolute atomic E-state index is 12.5. The van der Waals surface area contributed by atoms with Crippen molar-refractivity contribution in [3.63, 3.8) is 0 Å². The summed E-state index contributed by atoms with van der Waals surface area (Å²) < 4.78 is 4.79. The quantitative estimate of drug-likeness (QED) is 0.772. The Kier molecular flexibility index (Phi) is 4.27. The zero-order valence-corrected chi connectivity index (χ0v) is 13.4. The molecule has 3 nitrogen and oxygen atoms in total. The minimum atomic E-state index is -0.860. The second-order valence-electron chi connectivity index (χ2n) is 5.45. The van der Waals surface area contributed by atoms with Gasteiger partial charge in [0, 0.05) is 18.0 Å². The molecule has 1 amide bonds. The molecule has 1 saturated heterocycles. The number of thiophene rings is 1. The van der Waals surface area contributed by atoms with Crippen molar-refractivity contribution in [2.45, 2.75) is 36.2 Å². The van der Waals surface area contributed by atoms with Gasteiger partial charge in [0.25, 0.3) is 0 Å². The number of amides is 1. The number of carbonyl (C=O) groups is 1. The van der Waals surface area contributed by atoms with Crippen LogP contribution >= 0.6 is 34.5 Å². The lowest BCUT2D eigenvalue weighted by molar-refractivity contribution is -0.134. The Bertz CT molecular complexity index is 472. The minimum Gasteiger partial charge on any atom is -0.376 e. The van der Waals surface area contributed by atoms with Gasteiger partial charge < -0.3 is 9.64 Å². The third-order valence-corrected chi connectivity index (χ3v) is 5.51. The summed E-state index contributed by atoms with van der Waals surface area (Å²) in [5.74, 6) is -0.203. The monoisotopic (exact) mass is 333 g/mol. The number of halogens is 2. The number of hydrogen-bond donors (Lipinski definition) is 0. The molecular formula is C14H17Cl2NO2S. The van der Waals surface area contributed by atoms with Gasteiger partial charge in [-0.3, -0.25) is 4.79 Å². The van der Waals surface area contributed by atoms with Crippen molar-refractivity contribution in [2.75, 3.05) is 13.2 Å². The first-order chi connectivity index (χ1) is 9.56. The summed E-state index contributed by atoms with van der Waals surface area (Å²) in [6.07, 6.45) is 2.80. The van der Waals surface area contributed by atoms with Gasteiger partial charge in [0.05, 0.1) is 18.6 Å². The van der Waals surface area contributed by atoms with Gasteiger partial charge in [-0.25, -0.2) is 0 Å². The van der Waals surface area contributed by atoms with E-state index in [4.69, 9.17) is 27.9 Å². The summed E-state index contributed by atoms with van der Waals surface area (Å²) in [5.41, 5.74) is 0. The van der Waals surface area contributed by atoms with Crippen molar-refractivity contribution in [1.29, 1.82) is 0 Å². The van der Waals surface area contributed by atoms with Crippen LogP contribution in [0.2, 0.25) is 0 Å². The highest BCUT2D eigenvalue weighted by Gasteiger charge is 2.57. The fourth-order valence-corrected chi connectivity index (χ4v) is 3.77. The predicted octanol–water partition coefficient (Wildman–Crippen LogP) is 3.45. The average Bonchev–Trinajstić information content (AvgIpc) is 2.88. The molecule has 2 heterocycles. The molecule has 1 aromatic heterocycles. The van der Waals surface area contributed by atoms with E-state index in [1.54, 1.807) is 11.3 Å². The average molecular weight is 334 g/mol. The van der Waals surface area contributed by atoms with Crippen LogP contribution in [-0.2, 0) is 16.1 Å². The molecule has 6 heteroatoms. The largest absolute Gasteiger partial charge is 0.376 e. The summed E-state index contributed by atoms with van der Waals surface area (Å²) >= 11 is 13.7. The first kappa shape index (κ1) is 14.6. The van der Waals surface area contributed by atoms with Crippen LogP contribution in [0, 0.1) is 5.92 Å². The predicted molar refractivity (Wildman–Crippen MR) is 81.3 cm³/mol. The Morgan fingerprint density at radius 3 is 2.90 bits per heavy atom. The topological polar surface area (TPSA) is 29.5 Å². The van der Waals surface area contributed by atoms with Crippen LogP contribution in [0.1, 0.15) is 24.1 Å². The number of alkyl halides is 2. The van der Waals surface area contributed by atoms with Crippen molar-refractivity contribution in [1.82, 2.24) is 4.90 Å². The van der Waals surface area contributed by atoms with Gasteiger partial charge in [0.1, 0.15) is 4.33 Å². The first-order valence-electron chi connectivity index (χ1n) is 6.87. The maximum atomic E-state index is 12.5. The molecule has 20 heavy (non-hydrogen) atoms. The number of rotatable bonds is 5. The van der Waals surface area contributed by atoms with E-state index in [9.17, 15) is 4.79 Å². The van der Waals surface area contributed by atoms with Gasteiger partial charge in [0.15, 0.2) is 0 Å². The number of nitrogens with zero attached hydrogens (tertiary/aromatic N) is 1. The molecule has 1 aliphatic carbocycles. The van der Waals surface area contributed by atoms with Crippen molar-refractivity contribution in [2.24, 2.45) is 5.92 Å². The van der Waals surface area contributed by atoms with Crippen molar-refractivity contribution in [3.8, 4) is 0 Å². The molecule has 0 N–H and O–H groups in total. The van der Waals surface area contributed by atoms with E-state index in [2.05, 4.69) is 0 Å². The lowest BCUT2D eigenvalue weighted by Gasteiger charge is -2.25. The van der Waals surface area contributed by atoms with E-state index in [1.165, 1.54) is 4.88 Å². The molecule has 110 valence electrons. The Hall–Kier alpha value is -0.290. The van der Waals surface area contributed by atoms with Crippen LogP contribution in [0.25, 0.3) is 0 Å². The van der Waals surface area contributed by atoms with Crippen molar-refractivity contribution >= 4 is 40.4 Å². The van der Waals surface area contributed by atoms with Crippen LogP contribution in [-0.4, -0.2) is 34.4 Å². The summed E-state index contributed by atoms with van der Waals surface area (Å²) in [5, 5.41) is 2.02. The van der Waals surface area contributed by atoms with E-state index in [-0.39, 0.29) is 17.9 Å². The van der Waals surface area contributed by atoms with Gasteiger partial charge in [-0.05, 0) is 30.7 Å². The maximum Gasteiger partial charge on any atom is 0.229 e. The van der Waals surface area contributed by atoms with Crippen LogP contribution in [0.4, 0.5) is 0 Å². The molecule has 2 aliphatic rings. The molecule has 1 aromatic rings. The Morgan fingerprint density at radius 2 is 2.35 bits per heavy atom. The van der Waals surface area contributed by atoms with Gasteiger partial charge in [-0.15, -0.1) is 34.5 Å². The molecule has 2 unspecified atom stereocenters. The number of hydrogen-bond acceptors (Lipinski definition) is 3. The highest BCUT2D eigenvalue weighted by molar-refractivity contribution is 7.09. The van der Waals surface area contributed by atoms with Gasteiger partial charge in [-0.2, -0.15) is 0 Å². The van der Waals surface area contributed by atoms with Crippen molar-refractivity contribution < 1.29 is 9.53 Å². The fraction of sp³-hybridized carbons (Fsp3) is 0.643. The third-order valence-electron chi connectivity index (χ3n) is 3.81. The number of carbonyl (C=O) groups excluding carboxylic acids is 1. The summed E-state index contributed by atoms with van der Waals surface area (Å²) in [7, 11) is 0. The third kappa shape index (κ3) is 3.30. The smallest absolute Gasteiger partial charge is 0.229 e. The Labute approximate surface area is 132 Å². The lowest BCUT2D eigenvalue weighted by atomic mass is 10.2. The zero-order valence-electron chi connectivity index (χ0n) is 11.1. The molecule has 2 atom stereocenters. The van der Waals surface area contributed by atoms with E-state index in [0.29, 0.717) is 19.5 Å². The van der Waals surface area contributed by atoms with Gasteiger partial charge in [0.2, 0.25) is 5.91 Å². The summed E-state index contributed by atoms with van der Waals surface area (Å²) in [6.45, 7) is 2.05. The van der Waals surface area contributed by atoms with E-state index < -0.39 is 4.33 Å². The summed E-state index contributed by atoms with van der Waals surface area (Å²) in [4.78, 5) is 15.6. The second kappa shape index (κ2) is 5.84. The number of ether oxygens (including phenoxy) is 1. The van der Waals surface area contributed by atoms with E-state index in [0.717, 1.165) is 19.4 Å². The van der Waals surface area contributed by atoms with Gasteiger partial charge >= 0.3 is 0 Å². The van der Waals surface area contributed by atoms with Crippen LogP contribution in [0.15, 0.2) is 17.5 Å². The fourth-order valence-electron chi connectivity index (χ4n) is 2.56. The van der Waals surface area contributed by atoms with Crippen LogP contribution < -0.4 is 0 Å². The molecule has 1 saturated carbocycles. The SMILES string of the molecule is O=C(C1CC1(Cl)Cl)N(Cc1cccs1)CC1CCCO1. The van der Waals surface area contributed by atoms with E-state index >= 15 is 0 Å². The van der Waals surface area contributed by atoms with Crippen LogP contribution in [0.3, 0.4) is 0 Å². The standard InChI is InChI=1S/C14H17Cl2NO2S/c15-14(16)7-12(14)13(18)17(8-10-3-1-5-19-10)9-11-4-2-6-20-11/h2,4,6,10,12H,1,3,5,7-9H2. The van der Waals surface area contributed by atoms with Gasteiger partial charge in [-0.1, -0.05) is 6.07 Å². The Morgan fingerprint density at radius 1 is 1.55 bits per heavy atom. The molecule has 0 radical (unpaired) electrons. The van der Waals surface area contributed by atoms with Crippen LogP contribution in [0.5, 0.6) is 0 Å². The normalized spacial score (nSPS) is 27.5. The minimum absolute atomic E-state index is 0.0545. The molecule has 1 aliphatic heterocycles. The highest BCUT2D eigenvalue weighted by atomic mass is 35.5. The second-order valence-corrected chi connectivity index (χ2v) is 8.03. The molecule has 0 spiro atoms. The molecule has 0 bridgehead atoms. The lowest BCUT2D eigenvalue weighted by Crippen LogP contribution is -2.38. The Balaban J connectivity index is 1.67.